The normalized spacial score (nSPS) is 45.2. The molecule has 0 aromatic carbocycles. The van der Waals surface area contributed by atoms with Gasteiger partial charge in [0.15, 0.2) is 23.1 Å². The lowest BCUT2D eigenvalue weighted by molar-refractivity contribution is -0.164. The minimum Gasteiger partial charge on any atom is -0.307 e. The first-order valence-electron chi connectivity index (χ1n) is 28.5. The average Bonchev–Trinajstić information content (AvgIpc) is 3.91. The summed E-state index contributed by atoms with van der Waals surface area (Å²) >= 11 is 0. The lowest BCUT2D eigenvalue weighted by Crippen LogP contribution is -2.66. The molecule has 0 bridgehead atoms. The zero-order valence-corrected chi connectivity index (χ0v) is 47.7. The quantitative estimate of drug-likeness (QED) is 0.256. The Hall–Kier alpha value is -5.01. The molecular weight excluding hydrogens is 931 g/mol. The third-order valence-electron chi connectivity index (χ3n) is 25.1. The second-order valence-electron chi connectivity index (χ2n) is 30.2. The fraction of sp³-hybridized carbons (Fsp3) is 0.708. The van der Waals surface area contributed by atoms with Crippen molar-refractivity contribution in [2.45, 2.75) is 187 Å². The molecular formula is C65H83N5O5. The van der Waals surface area contributed by atoms with Gasteiger partial charge >= 0.3 is 0 Å². The number of hydrogen-bond donors (Lipinski definition) is 0. The number of Topliss-reactive ketones (excluding diaryl/α,β-unsaturated/α-hetero) is 2. The molecule has 398 valence electrons. The lowest BCUT2D eigenvalue weighted by atomic mass is 9.34. The van der Waals surface area contributed by atoms with E-state index in [9.17, 15) is 29.2 Å². The van der Waals surface area contributed by atoms with Crippen molar-refractivity contribution in [2.75, 3.05) is 0 Å². The number of nitriles is 1. The number of nitrogens with zero attached hydrogens (tertiary/aromatic N) is 5. The Morgan fingerprint density at radius 1 is 0.613 bits per heavy atom. The van der Waals surface area contributed by atoms with Gasteiger partial charge in [-0.1, -0.05) is 120 Å². The van der Waals surface area contributed by atoms with E-state index < -0.39 is 32.5 Å². The fourth-order valence-corrected chi connectivity index (χ4v) is 20.4. The molecule has 10 aliphatic rings. The summed E-state index contributed by atoms with van der Waals surface area (Å²) in [7, 11) is 0. The molecule has 0 spiro atoms. The van der Waals surface area contributed by atoms with Crippen LogP contribution in [0.2, 0.25) is 0 Å². The summed E-state index contributed by atoms with van der Waals surface area (Å²) < 4.78 is 1.65. The average molecular weight is 1010 g/mol. The maximum absolute atomic E-state index is 14.6. The molecule has 0 aliphatic heterocycles. The Morgan fingerprint density at radius 2 is 1.04 bits per heavy atom. The molecule has 6 saturated carbocycles. The highest BCUT2D eigenvalue weighted by Crippen LogP contribution is 2.77. The molecule has 10 heteroatoms. The van der Waals surface area contributed by atoms with E-state index in [4.69, 9.17) is 13.1 Å². The van der Waals surface area contributed by atoms with Crippen LogP contribution in [0.25, 0.3) is 9.69 Å². The Morgan fingerprint density at radius 3 is 1.49 bits per heavy atom. The Balaban J connectivity index is 0.000000173. The van der Waals surface area contributed by atoms with Gasteiger partial charge < -0.3 is 9.59 Å². The number of rotatable bonds is 1. The zero-order chi connectivity index (χ0) is 54.9. The third kappa shape index (κ3) is 6.82. The Bertz CT molecular complexity index is 3000. The summed E-state index contributed by atoms with van der Waals surface area (Å²) in [6, 6.07) is 2.74. The van der Waals surface area contributed by atoms with Gasteiger partial charge in [0.05, 0.1) is 30.0 Å². The van der Waals surface area contributed by atoms with Crippen LogP contribution in [-0.2, 0) is 19.2 Å². The third-order valence-corrected chi connectivity index (χ3v) is 25.1. The predicted molar refractivity (Wildman–Crippen MR) is 288 cm³/mol. The molecule has 1 aromatic rings. The van der Waals surface area contributed by atoms with E-state index in [0.717, 1.165) is 101 Å². The summed E-state index contributed by atoms with van der Waals surface area (Å²) in [5.41, 5.74) is -1.50. The molecule has 0 saturated heterocycles. The zero-order valence-electron chi connectivity index (χ0n) is 47.7. The van der Waals surface area contributed by atoms with E-state index in [-0.39, 0.29) is 108 Å². The van der Waals surface area contributed by atoms with Crippen molar-refractivity contribution in [1.29, 1.82) is 5.26 Å². The number of hydrogen-bond acceptors (Lipinski definition) is 7. The van der Waals surface area contributed by atoms with Crippen molar-refractivity contribution in [3.05, 3.63) is 88.4 Å². The van der Waals surface area contributed by atoms with Gasteiger partial charge in [-0.05, 0) is 158 Å². The summed E-state index contributed by atoms with van der Waals surface area (Å²) in [5.74, 6) is 0.00461. The Kier molecular flexibility index (Phi) is 11.6. The number of fused-ring (bicyclic) bond motifs is 14. The predicted octanol–water partition coefficient (Wildman–Crippen LogP) is 14.2. The van der Waals surface area contributed by atoms with Crippen LogP contribution >= 0.6 is 0 Å². The van der Waals surface area contributed by atoms with Crippen LogP contribution in [0.4, 0.5) is 0 Å². The van der Waals surface area contributed by atoms with E-state index in [2.05, 4.69) is 90.0 Å². The molecule has 0 radical (unpaired) electrons. The first-order chi connectivity index (χ1) is 34.7. The first-order valence-corrected chi connectivity index (χ1v) is 28.5. The van der Waals surface area contributed by atoms with Crippen molar-refractivity contribution in [1.82, 2.24) is 9.55 Å². The lowest BCUT2D eigenvalue weighted by Gasteiger charge is -2.69. The molecule has 11 rings (SSSR count). The van der Waals surface area contributed by atoms with Crippen molar-refractivity contribution in [2.24, 2.45) is 100 Å². The number of imidazole rings is 1. The van der Waals surface area contributed by atoms with Gasteiger partial charge in [-0.2, -0.15) is 5.26 Å². The van der Waals surface area contributed by atoms with E-state index in [0.29, 0.717) is 0 Å². The van der Waals surface area contributed by atoms with E-state index in [1.54, 1.807) is 23.3 Å². The Labute approximate surface area is 447 Å². The van der Waals surface area contributed by atoms with Crippen LogP contribution in [0.3, 0.4) is 0 Å². The number of carbonyl (C=O) groups is 5. The summed E-state index contributed by atoms with van der Waals surface area (Å²) in [6.07, 6.45) is 25.1. The minimum absolute atomic E-state index is 0.0318. The van der Waals surface area contributed by atoms with Crippen molar-refractivity contribution < 1.29 is 24.0 Å². The molecule has 4 unspecified atom stereocenters. The molecule has 75 heavy (non-hydrogen) atoms. The van der Waals surface area contributed by atoms with Gasteiger partial charge in [-0.25, -0.2) is 14.7 Å². The van der Waals surface area contributed by atoms with Crippen LogP contribution in [0, 0.1) is 125 Å². The van der Waals surface area contributed by atoms with Crippen molar-refractivity contribution >= 4 is 29.0 Å². The van der Waals surface area contributed by atoms with Gasteiger partial charge in [0.2, 0.25) is 17.3 Å². The smallest absolute Gasteiger partial charge is 0.238 e. The molecule has 6 fully saturated rings. The number of ketones is 4. The second-order valence-corrected chi connectivity index (χ2v) is 30.2. The van der Waals surface area contributed by atoms with Crippen molar-refractivity contribution in [3.8, 4) is 6.07 Å². The van der Waals surface area contributed by atoms with Crippen LogP contribution in [0.15, 0.2) is 65.6 Å². The monoisotopic (exact) mass is 1010 g/mol. The van der Waals surface area contributed by atoms with E-state index >= 15 is 0 Å². The van der Waals surface area contributed by atoms with Crippen molar-refractivity contribution in [3.63, 3.8) is 0 Å². The first kappa shape index (κ1) is 53.4. The largest absolute Gasteiger partial charge is 0.307 e. The second kappa shape index (κ2) is 16.3. The number of aromatic nitrogens is 2. The van der Waals surface area contributed by atoms with Gasteiger partial charge in [-0.15, -0.1) is 0 Å². The minimum atomic E-state index is -0.668. The highest BCUT2D eigenvalue weighted by molar-refractivity contribution is 6.04. The maximum Gasteiger partial charge on any atom is 0.238 e. The van der Waals surface area contributed by atoms with Gasteiger partial charge in [0, 0.05) is 45.9 Å². The van der Waals surface area contributed by atoms with E-state index in [1.165, 1.54) is 0 Å². The highest BCUT2D eigenvalue weighted by Gasteiger charge is 2.73. The molecule has 1 heterocycles. The van der Waals surface area contributed by atoms with Gasteiger partial charge in [-0.3, -0.25) is 19.0 Å². The number of carbonyl (C=O) groups excluding carboxylic acids is 5. The summed E-state index contributed by atoms with van der Waals surface area (Å²) in [4.78, 5) is 80.9. The SMILES string of the molecule is [C-]#[N+]C1=C[C@]2(C)C3=CC(=O)C4C5CC(C)(C)CC[C@]5(C#N)CC[C@@]4(C)[C@]3(C)CC[C@H]2C(C)(C)C1=O.[C-]#[N+]C1=C[C@]2(C)C3=CC(=O)C4C5CC(C)(C)CC[C@]5(C(=O)n5ccnc5)CC[C@@]4(C)[C@]3(C)CC[C@H]2C(C)(C)C1=O. The van der Waals surface area contributed by atoms with Gasteiger partial charge in [0.1, 0.15) is 6.33 Å². The van der Waals surface area contributed by atoms with Crippen LogP contribution < -0.4 is 0 Å². The molecule has 10 aliphatic carbocycles. The summed E-state index contributed by atoms with van der Waals surface area (Å²) in [6.45, 7) is 46.2. The molecule has 1 aromatic heterocycles. The number of allylic oxidation sites excluding steroid dienone is 8. The molecule has 0 amide bonds. The maximum atomic E-state index is 14.6. The molecule has 14 atom stereocenters. The van der Waals surface area contributed by atoms with Crippen LogP contribution in [-0.4, -0.2) is 38.6 Å². The molecule has 0 N–H and O–H groups in total. The fourth-order valence-electron chi connectivity index (χ4n) is 20.4. The standard InChI is InChI=1S/C34H43N3O3.C31H40N2O2/c1-29(2)11-13-34(28(40)37-16-15-36-20-37)14-12-33(7)26(21(34)18-29)23(38)17-25-31(5)19-22(35-8)27(39)30(3,4)24(31)9-10-32(25,33)6;1-26(2)11-13-31(18-32)14-12-30(7)24(19(31)16-26)21(34)15-23-28(5)17-20(33-8)25(35)27(3,4)22(28)9-10-29(23,30)6/h15-17,19-21,24,26H,9-14,18H2,1-7H3;15,17,19,22,24H,9-14,16H2,1-7H3/t21?,24-,26?,31-,32+,33+,34-;19?,22-,24?,28-,29+,30+,31+/m00/s1. The summed E-state index contributed by atoms with van der Waals surface area (Å²) in [5, 5.41) is 10.4. The van der Waals surface area contributed by atoms with Crippen LogP contribution in [0.1, 0.15) is 192 Å². The molecule has 10 nitrogen and oxygen atoms in total. The van der Waals surface area contributed by atoms with Gasteiger partial charge in [0.25, 0.3) is 0 Å². The topological polar surface area (TPSA) is 136 Å². The highest BCUT2D eigenvalue weighted by atomic mass is 16.2. The van der Waals surface area contributed by atoms with Crippen LogP contribution in [0.5, 0.6) is 0 Å². The van der Waals surface area contributed by atoms with E-state index in [1.807, 2.05) is 52.0 Å².